The second kappa shape index (κ2) is 7.63. The summed E-state index contributed by atoms with van der Waals surface area (Å²) in [7, 11) is 0. The highest BCUT2D eigenvalue weighted by molar-refractivity contribution is 5.76. The van der Waals surface area contributed by atoms with Crippen molar-refractivity contribution >= 4 is 5.91 Å². The summed E-state index contributed by atoms with van der Waals surface area (Å²) in [6.45, 7) is 7.56. The minimum absolute atomic E-state index is 0.117. The number of ether oxygens (including phenoxy) is 1. The Labute approximate surface area is 98.1 Å². The number of carbonyl (C=O) groups is 1. The number of rotatable bonds is 7. The molecule has 1 heterocycles. The largest absolute Gasteiger partial charge is 0.376 e. The summed E-state index contributed by atoms with van der Waals surface area (Å²) in [4.78, 5) is 11.4. The topological polar surface area (TPSA) is 50.4 Å². The number of carbonyl (C=O) groups excluding carboxylic acids is 1. The van der Waals surface area contributed by atoms with E-state index in [4.69, 9.17) is 4.74 Å². The molecule has 4 heteroatoms. The molecule has 0 aromatic rings. The van der Waals surface area contributed by atoms with Gasteiger partial charge in [0.1, 0.15) is 0 Å². The van der Waals surface area contributed by atoms with Gasteiger partial charge in [0.05, 0.1) is 6.10 Å². The van der Waals surface area contributed by atoms with Gasteiger partial charge in [-0.25, -0.2) is 0 Å². The first-order chi connectivity index (χ1) is 7.68. The summed E-state index contributed by atoms with van der Waals surface area (Å²) >= 11 is 0. The van der Waals surface area contributed by atoms with Crippen LogP contribution in [0.4, 0.5) is 0 Å². The van der Waals surface area contributed by atoms with Crippen LogP contribution in [-0.4, -0.2) is 38.3 Å². The first kappa shape index (κ1) is 13.5. The lowest BCUT2D eigenvalue weighted by atomic mass is 10.2. The second-order valence-corrected chi connectivity index (χ2v) is 4.79. The van der Waals surface area contributed by atoms with E-state index in [1.54, 1.807) is 0 Å². The minimum Gasteiger partial charge on any atom is -0.376 e. The van der Waals surface area contributed by atoms with Crippen LogP contribution in [0.15, 0.2) is 0 Å². The number of hydrogen-bond donors (Lipinski definition) is 2. The molecule has 0 spiro atoms. The lowest BCUT2D eigenvalue weighted by Gasteiger charge is -2.11. The molecular formula is C12H24N2O2. The van der Waals surface area contributed by atoms with Crippen LogP contribution in [0.5, 0.6) is 0 Å². The number of nitrogens with one attached hydrogen (secondary N) is 2. The highest BCUT2D eigenvalue weighted by atomic mass is 16.5. The van der Waals surface area contributed by atoms with Crippen molar-refractivity contribution in [1.29, 1.82) is 0 Å². The second-order valence-electron chi connectivity index (χ2n) is 4.79. The summed E-state index contributed by atoms with van der Waals surface area (Å²) in [5, 5.41) is 6.16. The Morgan fingerprint density at radius 2 is 2.31 bits per heavy atom. The van der Waals surface area contributed by atoms with Gasteiger partial charge in [-0.05, 0) is 25.3 Å². The van der Waals surface area contributed by atoms with E-state index in [1.165, 1.54) is 0 Å². The van der Waals surface area contributed by atoms with E-state index >= 15 is 0 Å². The normalized spacial score (nSPS) is 20.3. The average Bonchev–Trinajstić information content (AvgIpc) is 2.74. The SMILES string of the molecule is CC(C)CNCCC(=O)NCC1CCCO1. The quantitative estimate of drug-likeness (QED) is 0.637. The molecule has 0 saturated carbocycles. The number of amides is 1. The zero-order valence-electron chi connectivity index (χ0n) is 10.4. The van der Waals surface area contributed by atoms with Gasteiger partial charge in [-0.3, -0.25) is 4.79 Å². The lowest BCUT2D eigenvalue weighted by Crippen LogP contribution is -2.34. The van der Waals surface area contributed by atoms with Gasteiger partial charge < -0.3 is 15.4 Å². The van der Waals surface area contributed by atoms with Crippen molar-refractivity contribution in [2.75, 3.05) is 26.2 Å². The first-order valence-electron chi connectivity index (χ1n) is 6.27. The van der Waals surface area contributed by atoms with Gasteiger partial charge in [0.15, 0.2) is 0 Å². The summed E-state index contributed by atoms with van der Waals surface area (Å²) in [6.07, 6.45) is 2.99. The van der Waals surface area contributed by atoms with E-state index in [-0.39, 0.29) is 12.0 Å². The van der Waals surface area contributed by atoms with Crippen LogP contribution in [0, 0.1) is 5.92 Å². The molecule has 0 aromatic heterocycles. The lowest BCUT2D eigenvalue weighted by molar-refractivity contribution is -0.121. The molecule has 4 nitrogen and oxygen atoms in total. The van der Waals surface area contributed by atoms with Crippen LogP contribution >= 0.6 is 0 Å². The van der Waals surface area contributed by atoms with Crippen molar-refractivity contribution in [2.45, 2.75) is 39.2 Å². The molecule has 0 aromatic carbocycles. The van der Waals surface area contributed by atoms with Crippen LogP contribution in [0.1, 0.15) is 33.1 Å². The average molecular weight is 228 g/mol. The zero-order chi connectivity index (χ0) is 11.8. The molecule has 0 bridgehead atoms. The van der Waals surface area contributed by atoms with Crippen molar-refractivity contribution in [2.24, 2.45) is 5.92 Å². The molecule has 16 heavy (non-hydrogen) atoms. The minimum atomic E-state index is 0.117. The summed E-state index contributed by atoms with van der Waals surface area (Å²) < 4.78 is 5.43. The smallest absolute Gasteiger partial charge is 0.221 e. The maximum Gasteiger partial charge on any atom is 0.221 e. The van der Waals surface area contributed by atoms with E-state index in [9.17, 15) is 4.79 Å². The summed E-state index contributed by atoms with van der Waals surface area (Å²) in [5.74, 6) is 0.752. The molecule has 2 N–H and O–H groups in total. The Balaban J connectivity index is 1.94. The van der Waals surface area contributed by atoms with Crippen molar-refractivity contribution in [3.8, 4) is 0 Å². The van der Waals surface area contributed by atoms with Crippen LogP contribution in [-0.2, 0) is 9.53 Å². The van der Waals surface area contributed by atoms with E-state index < -0.39 is 0 Å². The third kappa shape index (κ3) is 6.08. The monoisotopic (exact) mass is 228 g/mol. The van der Waals surface area contributed by atoms with Gasteiger partial charge in [-0.2, -0.15) is 0 Å². The summed E-state index contributed by atoms with van der Waals surface area (Å²) in [6, 6.07) is 0. The fraction of sp³-hybridized carbons (Fsp3) is 0.917. The van der Waals surface area contributed by atoms with Gasteiger partial charge in [-0.1, -0.05) is 13.8 Å². The van der Waals surface area contributed by atoms with Gasteiger partial charge >= 0.3 is 0 Å². The van der Waals surface area contributed by atoms with Gasteiger partial charge in [-0.15, -0.1) is 0 Å². The first-order valence-corrected chi connectivity index (χ1v) is 6.27. The van der Waals surface area contributed by atoms with E-state index in [1.807, 2.05) is 0 Å². The third-order valence-corrected chi connectivity index (χ3v) is 2.63. The van der Waals surface area contributed by atoms with Crippen LogP contribution in [0.3, 0.4) is 0 Å². The molecule has 94 valence electrons. The van der Waals surface area contributed by atoms with Crippen molar-refractivity contribution < 1.29 is 9.53 Å². The Morgan fingerprint density at radius 3 is 2.94 bits per heavy atom. The Morgan fingerprint density at radius 1 is 1.50 bits per heavy atom. The molecule has 0 aliphatic carbocycles. The van der Waals surface area contributed by atoms with Crippen LogP contribution in [0.2, 0.25) is 0 Å². The molecule has 0 radical (unpaired) electrons. The molecule has 1 unspecified atom stereocenters. The van der Waals surface area contributed by atoms with Gasteiger partial charge in [0.2, 0.25) is 5.91 Å². The van der Waals surface area contributed by atoms with Crippen LogP contribution < -0.4 is 10.6 Å². The molecule has 1 fully saturated rings. The fourth-order valence-corrected chi connectivity index (χ4v) is 1.71. The van der Waals surface area contributed by atoms with Crippen molar-refractivity contribution in [3.63, 3.8) is 0 Å². The molecule has 1 rings (SSSR count). The molecular weight excluding hydrogens is 204 g/mol. The highest BCUT2D eigenvalue weighted by Crippen LogP contribution is 2.10. The Hall–Kier alpha value is -0.610. The highest BCUT2D eigenvalue weighted by Gasteiger charge is 2.15. The maximum absolute atomic E-state index is 11.4. The summed E-state index contributed by atoms with van der Waals surface area (Å²) in [5.41, 5.74) is 0. The molecule has 1 aliphatic rings. The van der Waals surface area contributed by atoms with Crippen LogP contribution in [0.25, 0.3) is 0 Å². The van der Waals surface area contributed by atoms with E-state index in [2.05, 4.69) is 24.5 Å². The van der Waals surface area contributed by atoms with E-state index in [0.29, 0.717) is 18.9 Å². The fourth-order valence-electron chi connectivity index (χ4n) is 1.71. The number of hydrogen-bond acceptors (Lipinski definition) is 3. The van der Waals surface area contributed by atoms with Crippen molar-refractivity contribution in [1.82, 2.24) is 10.6 Å². The Kier molecular flexibility index (Phi) is 6.42. The molecule has 1 saturated heterocycles. The zero-order valence-corrected chi connectivity index (χ0v) is 10.4. The molecule has 1 amide bonds. The maximum atomic E-state index is 11.4. The predicted octanol–water partition coefficient (Wildman–Crippen LogP) is 0.917. The van der Waals surface area contributed by atoms with E-state index in [0.717, 1.165) is 32.5 Å². The van der Waals surface area contributed by atoms with Gasteiger partial charge in [0, 0.05) is 26.1 Å². The Bertz CT molecular complexity index is 201. The predicted molar refractivity (Wildman–Crippen MR) is 64.3 cm³/mol. The molecule has 1 atom stereocenters. The standard InChI is InChI=1S/C12H24N2O2/c1-10(2)8-13-6-5-12(15)14-9-11-4-3-7-16-11/h10-11,13H,3-9H2,1-2H3,(H,14,15). The molecule has 1 aliphatic heterocycles. The van der Waals surface area contributed by atoms with Gasteiger partial charge in [0.25, 0.3) is 0 Å². The third-order valence-electron chi connectivity index (χ3n) is 2.63. The van der Waals surface area contributed by atoms with Crippen molar-refractivity contribution in [3.05, 3.63) is 0 Å².